The molecule has 9 heteroatoms. The van der Waals surface area contributed by atoms with Crippen LogP contribution in [0.5, 0.6) is 17.2 Å². The molecule has 1 atom stereocenters. The SMILES string of the molecule is CC[C@@H](Oc1ccc(C)cc1)C(=O)Nc1ccc(S(=O)(=O)Nc2cc(OC)ccc2OC)cc1. The van der Waals surface area contributed by atoms with Crippen molar-refractivity contribution in [3.8, 4) is 17.2 Å². The van der Waals surface area contributed by atoms with E-state index in [1.807, 2.05) is 38.1 Å². The maximum atomic E-state index is 12.9. The molecule has 34 heavy (non-hydrogen) atoms. The van der Waals surface area contributed by atoms with Crippen molar-refractivity contribution < 1.29 is 27.4 Å². The van der Waals surface area contributed by atoms with E-state index in [4.69, 9.17) is 14.2 Å². The van der Waals surface area contributed by atoms with E-state index < -0.39 is 16.1 Å². The fraction of sp³-hybridized carbons (Fsp3) is 0.240. The standard InChI is InChI=1S/C25H28N2O6S/c1-5-23(33-19-10-6-17(2)7-11-19)25(28)26-18-8-13-21(14-9-18)34(29,30)27-22-16-20(31-3)12-15-24(22)32-4/h6-16,23,27H,5H2,1-4H3,(H,26,28)/t23-/m1/s1. The lowest BCUT2D eigenvalue weighted by Gasteiger charge is -2.17. The van der Waals surface area contributed by atoms with Crippen LogP contribution in [0.4, 0.5) is 11.4 Å². The first-order valence-corrected chi connectivity index (χ1v) is 12.1. The predicted octanol–water partition coefficient (Wildman–Crippen LogP) is 4.61. The number of nitrogens with one attached hydrogen (secondary N) is 2. The topological polar surface area (TPSA) is 103 Å². The Labute approximate surface area is 199 Å². The van der Waals surface area contributed by atoms with Crippen LogP contribution in [0.2, 0.25) is 0 Å². The zero-order valence-corrected chi connectivity index (χ0v) is 20.3. The van der Waals surface area contributed by atoms with Gasteiger partial charge in [-0.2, -0.15) is 0 Å². The summed E-state index contributed by atoms with van der Waals surface area (Å²) in [6, 6.07) is 18.1. The van der Waals surface area contributed by atoms with Gasteiger partial charge in [0.2, 0.25) is 0 Å². The van der Waals surface area contributed by atoms with Gasteiger partial charge in [0, 0.05) is 11.8 Å². The Hall–Kier alpha value is -3.72. The molecule has 0 heterocycles. The number of rotatable bonds is 10. The van der Waals surface area contributed by atoms with Crippen molar-refractivity contribution in [2.24, 2.45) is 0 Å². The van der Waals surface area contributed by atoms with Crippen molar-refractivity contribution in [1.82, 2.24) is 0 Å². The number of hydrogen-bond donors (Lipinski definition) is 2. The zero-order chi connectivity index (χ0) is 24.7. The van der Waals surface area contributed by atoms with Gasteiger partial charge in [-0.1, -0.05) is 24.6 Å². The summed E-state index contributed by atoms with van der Waals surface area (Å²) in [5.41, 5.74) is 1.80. The molecule has 0 bridgehead atoms. The average Bonchev–Trinajstić information content (AvgIpc) is 2.83. The number of sulfonamides is 1. The van der Waals surface area contributed by atoms with Gasteiger partial charge in [-0.05, 0) is 61.9 Å². The number of ether oxygens (including phenoxy) is 3. The molecule has 3 aromatic carbocycles. The first kappa shape index (κ1) is 24.9. The van der Waals surface area contributed by atoms with Gasteiger partial charge in [0.15, 0.2) is 6.10 Å². The van der Waals surface area contributed by atoms with Crippen LogP contribution in [-0.4, -0.2) is 34.6 Å². The molecule has 3 rings (SSSR count). The number of methoxy groups -OCH3 is 2. The highest BCUT2D eigenvalue weighted by Gasteiger charge is 2.20. The van der Waals surface area contributed by atoms with Crippen molar-refractivity contribution in [2.75, 3.05) is 24.3 Å². The Balaban J connectivity index is 1.70. The van der Waals surface area contributed by atoms with Gasteiger partial charge in [0.05, 0.1) is 24.8 Å². The average molecular weight is 485 g/mol. The molecule has 180 valence electrons. The largest absolute Gasteiger partial charge is 0.497 e. The van der Waals surface area contributed by atoms with Gasteiger partial charge in [-0.25, -0.2) is 8.42 Å². The summed E-state index contributed by atoms with van der Waals surface area (Å²) in [4.78, 5) is 12.7. The third-order valence-electron chi connectivity index (χ3n) is 5.05. The molecule has 2 N–H and O–H groups in total. The Morgan fingerprint density at radius 1 is 0.912 bits per heavy atom. The van der Waals surface area contributed by atoms with Gasteiger partial charge in [0.25, 0.3) is 15.9 Å². The molecule has 0 unspecified atom stereocenters. The number of carbonyl (C=O) groups excluding carboxylic acids is 1. The summed E-state index contributed by atoms with van der Waals surface area (Å²) >= 11 is 0. The van der Waals surface area contributed by atoms with Gasteiger partial charge in [0.1, 0.15) is 17.2 Å². The third-order valence-corrected chi connectivity index (χ3v) is 6.43. The van der Waals surface area contributed by atoms with Crippen LogP contribution < -0.4 is 24.2 Å². The highest BCUT2D eigenvalue weighted by Crippen LogP contribution is 2.31. The number of anilines is 2. The molecule has 0 aliphatic carbocycles. The summed E-state index contributed by atoms with van der Waals surface area (Å²) in [7, 11) is -0.969. The molecule has 0 aliphatic rings. The van der Waals surface area contributed by atoms with E-state index in [1.54, 1.807) is 12.1 Å². The molecule has 0 fully saturated rings. The molecule has 0 saturated heterocycles. The Morgan fingerprint density at radius 3 is 2.15 bits per heavy atom. The molecule has 0 aromatic heterocycles. The van der Waals surface area contributed by atoms with E-state index in [-0.39, 0.29) is 16.5 Å². The minimum absolute atomic E-state index is 0.0262. The van der Waals surface area contributed by atoms with Crippen molar-refractivity contribution in [3.63, 3.8) is 0 Å². The normalized spacial score (nSPS) is 11.9. The third kappa shape index (κ3) is 6.20. The minimum atomic E-state index is -3.90. The van der Waals surface area contributed by atoms with Gasteiger partial charge < -0.3 is 19.5 Å². The Kier molecular flexibility index (Phi) is 8.01. The van der Waals surface area contributed by atoms with Crippen LogP contribution in [0.3, 0.4) is 0 Å². The van der Waals surface area contributed by atoms with Crippen molar-refractivity contribution in [1.29, 1.82) is 0 Å². The minimum Gasteiger partial charge on any atom is -0.497 e. The summed E-state index contributed by atoms with van der Waals surface area (Å²) in [5, 5.41) is 2.77. The fourth-order valence-corrected chi connectivity index (χ4v) is 4.20. The summed E-state index contributed by atoms with van der Waals surface area (Å²) in [6.45, 7) is 3.83. The molecule has 0 aliphatic heterocycles. The first-order valence-electron chi connectivity index (χ1n) is 10.6. The van der Waals surface area contributed by atoms with E-state index in [9.17, 15) is 13.2 Å². The molecule has 1 amide bonds. The zero-order valence-electron chi connectivity index (χ0n) is 19.5. The van der Waals surface area contributed by atoms with Crippen molar-refractivity contribution in [2.45, 2.75) is 31.3 Å². The van der Waals surface area contributed by atoms with Crippen LogP contribution in [0.1, 0.15) is 18.9 Å². The van der Waals surface area contributed by atoms with Gasteiger partial charge in [-0.3, -0.25) is 9.52 Å². The second kappa shape index (κ2) is 10.9. The van der Waals surface area contributed by atoms with E-state index >= 15 is 0 Å². The Morgan fingerprint density at radius 2 is 1.56 bits per heavy atom. The van der Waals surface area contributed by atoms with E-state index in [0.29, 0.717) is 29.4 Å². The number of carbonyl (C=O) groups is 1. The Bertz CT molecular complexity index is 1230. The molecule has 3 aromatic rings. The predicted molar refractivity (Wildman–Crippen MR) is 131 cm³/mol. The van der Waals surface area contributed by atoms with Crippen LogP contribution >= 0.6 is 0 Å². The molecular formula is C25H28N2O6S. The van der Waals surface area contributed by atoms with Crippen LogP contribution in [0.15, 0.2) is 71.6 Å². The quantitative estimate of drug-likeness (QED) is 0.436. The number of benzene rings is 3. The molecule has 0 radical (unpaired) electrons. The molecule has 0 spiro atoms. The number of aryl methyl sites for hydroxylation is 1. The van der Waals surface area contributed by atoms with Crippen LogP contribution in [-0.2, 0) is 14.8 Å². The summed E-state index contributed by atoms with van der Waals surface area (Å²) in [6.07, 6.45) is -0.216. The van der Waals surface area contributed by atoms with Gasteiger partial charge in [-0.15, -0.1) is 0 Å². The fourth-order valence-electron chi connectivity index (χ4n) is 3.14. The summed E-state index contributed by atoms with van der Waals surface area (Å²) in [5.74, 6) is 1.12. The lowest BCUT2D eigenvalue weighted by Crippen LogP contribution is -2.32. The highest BCUT2D eigenvalue weighted by molar-refractivity contribution is 7.92. The molecular weight excluding hydrogens is 456 g/mol. The lowest BCUT2D eigenvalue weighted by atomic mass is 10.2. The number of amides is 1. The first-order chi connectivity index (χ1) is 16.2. The second-order valence-corrected chi connectivity index (χ2v) is 9.20. The summed E-state index contributed by atoms with van der Waals surface area (Å²) < 4.78 is 44.4. The van der Waals surface area contributed by atoms with Gasteiger partial charge >= 0.3 is 0 Å². The van der Waals surface area contributed by atoms with Crippen LogP contribution in [0.25, 0.3) is 0 Å². The smallest absolute Gasteiger partial charge is 0.265 e. The molecule has 0 saturated carbocycles. The maximum Gasteiger partial charge on any atom is 0.265 e. The van der Waals surface area contributed by atoms with Crippen molar-refractivity contribution >= 4 is 27.3 Å². The highest BCUT2D eigenvalue weighted by atomic mass is 32.2. The number of hydrogen-bond acceptors (Lipinski definition) is 6. The van der Waals surface area contributed by atoms with Crippen molar-refractivity contribution in [3.05, 3.63) is 72.3 Å². The maximum absolute atomic E-state index is 12.9. The van der Waals surface area contributed by atoms with E-state index in [1.165, 1.54) is 44.6 Å². The van der Waals surface area contributed by atoms with Crippen LogP contribution in [0, 0.1) is 6.92 Å². The monoisotopic (exact) mass is 484 g/mol. The van der Waals surface area contributed by atoms with E-state index in [0.717, 1.165) is 5.56 Å². The second-order valence-electron chi connectivity index (χ2n) is 7.51. The lowest BCUT2D eigenvalue weighted by molar-refractivity contribution is -0.122. The van der Waals surface area contributed by atoms with E-state index in [2.05, 4.69) is 10.0 Å². The molecule has 8 nitrogen and oxygen atoms in total.